The fourth-order valence-corrected chi connectivity index (χ4v) is 3.76. The van der Waals surface area contributed by atoms with Gasteiger partial charge < -0.3 is 9.64 Å². The Morgan fingerprint density at radius 3 is 2.67 bits per heavy atom. The van der Waals surface area contributed by atoms with E-state index < -0.39 is 28.0 Å². The van der Waals surface area contributed by atoms with Gasteiger partial charge in [-0.2, -0.15) is 13.2 Å². The molecule has 1 saturated heterocycles. The Bertz CT molecular complexity index is 822. The van der Waals surface area contributed by atoms with Crippen LogP contribution in [-0.4, -0.2) is 52.6 Å². The van der Waals surface area contributed by atoms with Gasteiger partial charge in [0, 0.05) is 19.2 Å². The first-order valence-electron chi connectivity index (χ1n) is 8.23. The molecule has 150 valence electrons. The summed E-state index contributed by atoms with van der Waals surface area (Å²) in [6.45, 7) is -0.105. The molecule has 1 N–H and O–H groups in total. The summed E-state index contributed by atoms with van der Waals surface area (Å²) < 4.78 is 69.9. The Morgan fingerprint density at radius 2 is 2.07 bits per heavy atom. The first-order chi connectivity index (χ1) is 12.6. The van der Waals surface area contributed by atoms with Crippen molar-refractivity contribution in [1.82, 2.24) is 9.62 Å². The van der Waals surface area contributed by atoms with E-state index in [2.05, 4.69) is 4.72 Å². The number of nitrogens with one attached hydrogen (secondary N) is 1. The Morgan fingerprint density at radius 1 is 1.37 bits per heavy atom. The number of likely N-dealkylation sites (tertiary alicyclic amines) is 1. The van der Waals surface area contributed by atoms with Gasteiger partial charge in [-0.05, 0) is 43.7 Å². The highest BCUT2D eigenvalue weighted by molar-refractivity contribution is 7.89. The van der Waals surface area contributed by atoms with Crippen molar-refractivity contribution in [2.45, 2.75) is 23.9 Å². The summed E-state index contributed by atoms with van der Waals surface area (Å²) in [5, 5.41) is 0. The van der Waals surface area contributed by atoms with Gasteiger partial charge in [0.1, 0.15) is 10.6 Å². The number of piperidine rings is 1. The highest BCUT2D eigenvalue weighted by Crippen LogP contribution is 2.33. The molecule has 0 aliphatic carbocycles. The smallest absolute Gasteiger partial charge is 0.393 e. The number of benzene rings is 1. The predicted octanol–water partition coefficient (Wildman–Crippen LogP) is 2.42. The summed E-state index contributed by atoms with van der Waals surface area (Å²) in [6.07, 6.45) is -1.50. The third-order valence-electron chi connectivity index (χ3n) is 4.36. The van der Waals surface area contributed by atoms with Gasteiger partial charge in [0.15, 0.2) is 0 Å². The second-order valence-electron chi connectivity index (χ2n) is 6.12. The van der Waals surface area contributed by atoms with E-state index >= 15 is 0 Å². The molecule has 0 spiro atoms. The quantitative estimate of drug-likeness (QED) is 0.762. The van der Waals surface area contributed by atoms with Crippen LogP contribution in [0.2, 0.25) is 0 Å². The Balaban J connectivity index is 2.18. The van der Waals surface area contributed by atoms with Crippen LogP contribution in [0.4, 0.5) is 13.2 Å². The minimum absolute atomic E-state index is 0.0146. The molecule has 0 aromatic heterocycles. The molecule has 1 aromatic carbocycles. The first-order valence-corrected chi connectivity index (χ1v) is 9.72. The normalized spacial score (nSPS) is 18.7. The molecule has 1 aliphatic rings. The van der Waals surface area contributed by atoms with E-state index in [4.69, 9.17) is 4.74 Å². The van der Waals surface area contributed by atoms with Gasteiger partial charge in [-0.3, -0.25) is 4.79 Å². The number of rotatable bonds is 5. The predicted molar refractivity (Wildman–Crippen MR) is 93.6 cm³/mol. The molecule has 1 atom stereocenters. The number of carbonyl (C=O) groups excluding carboxylic acids is 1. The maximum atomic E-state index is 12.9. The van der Waals surface area contributed by atoms with Crippen molar-refractivity contribution in [3.8, 4) is 5.75 Å². The molecule has 1 fully saturated rings. The van der Waals surface area contributed by atoms with Crippen LogP contribution in [0, 0.1) is 5.92 Å². The van der Waals surface area contributed by atoms with E-state index in [1.807, 2.05) is 0 Å². The highest BCUT2D eigenvalue weighted by Gasteiger charge is 2.42. The number of nitrogens with zero attached hydrogens (tertiary/aromatic N) is 1. The van der Waals surface area contributed by atoms with Crippen molar-refractivity contribution < 1.29 is 31.1 Å². The molecule has 1 aromatic rings. The lowest BCUT2D eigenvalue weighted by Gasteiger charge is -2.33. The molecule has 27 heavy (non-hydrogen) atoms. The number of alkyl halides is 3. The maximum Gasteiger partial charge on any atom is 0.393 e. The van der Waals surface area contributed by atoms with Crippen LogP contribution in [0.3, 0.4) is 0 Å². The number of sulfonamides is 1. The van der Waals surface area contributed by atoms with Crippen LogP contribution >= 0.6 is 0 Å². The SMILES string of the molecule is CNS(=O)(=O)c1cc(/C=C/C(=O)N2CCCC(C(F)(F)F)C2)ccc1OC. The third-order valence-corrected chi connectivity index (χ3v) is 5.80. The minimum Gasteiger partial charge on any atom is -0.495 e. The van der Waals surface area contributed by atoms with Crippen LogP contribution < -0.4 is 9.46 Å². The van der Waals surface area contributed by atoms with Gasteiger partial charge in [0.05, 0.1) is 13.0 Å². The maximum absolute atomic E-state index is 12.9. The van der Waals surface area contributed by atoms with E-state index in [-0.39, 0.29) is 36.6 Å². The Hall–Kier alpha value is -2.07. The number of hydrogen-bond acceptors (Lipinski definition) is 4. The van der Waals surface area contributed by atoms with Crippen molar-refractivity contribution in [3.63, 3.8) is 0 Å². The molecule has 0 bridgehead atoms. The highest BCUT2D eigenvalue weighted by atomic mass is 32.2. The second kappa shape index (κ2) is 8.30. The van der Waals surface area contributed by atoms with Crippen molar-refractivity contribution >= 4 is 22.0 Å². The molecule has 6 nitrogen and oxygen atoms in total. The molecule has 0 saturated carbocycles. The van der Waals surface area contributed by atoms with E-state index in [0.29, 0.717) is 5.56 Å². The zero-order valence-electron chi connectivity index (χ0n) is 14.9. The molecule has 2 rings (SSSR count). The van der Waals surface area contributed by atoms with Crippen molar-refractivity contribution in [2.24, 2.45) is 5.92 Å². The summed E-state index contributed by atoms with van der Waals surface area (Å²) >= 11 is 0. The van der Waals surface area contributed by atoms with E-state index in [9.17, 15) is 26.4 Å². The van der Waals surface area contributed by atoms with Crippen LogP contribution in [0.5, 0.6) is 5.75 Å². The third kappa shape index (κ3) is 5.23. The summed E-state index contributed by atoms with van der Waals surface area (Å²) in [4.78, 5) is 13.3. The number of halogens is 3. The van der Waals surface area contributed by atoms with Crippen molar-refractivity contribution in [3.05, 3.63) is 29.8 Å². The number of amides is 1. The average molecular weight is 406 g/mol. The van der Waals surface area contributed by atoms with Crippen LogP contribution in [-0.2, 0) is 14.8 Å². The summed E-state index contributed by atoms with van der Waals surface area (Å²) in [6, 6.07) is 4.31. The van der Waals surface area contributed by atoms with Gasteiger partial charge in [-0.25, -0.2) is 13.1 Å². The lowest BCUT2D eigenvalue weighted by molar-refractivity contribution is -0.187. The van der Waals surface area contributed by atoms with Crippen molar-refractivity contribution in [2.75, 3.05) is 27.2 Å². The second-order valence-corrected chi connectivity index (χ2v) is 7.97. The summed E-state index contributed by atoms with van der Waals surface area (Å²) in [5.74, 6) is -1.92. The molecular weight excluding hydrogens is 385 g/mol. The van der Waals surface area contributed by atoms with Gasteiger partial charge in [0.25, 0.3) is 0 Å². The fraction of sp³-hybridized carbons (Fsp3) is 0.471. The molecule has 1 unspecified atom stereocenters. The largest absolute Gasteiger partial charge is 0.495 e. The molecule has 1 amide bonds. The van der Waals surface area contributed by atoms with E-state index in [1.165, 1.54) is 32.4 Å². The van der Waals surface area contributed by atoms with Crippen LogP contribution in [0.15, 0.2) is 29.2 Å². The number of ether oxygens (including phenoxy) is 1. The first kappa shape index (κ1) is 21.2. The van der Waals surface area contributed by atoms with E-state index in [1.54, 1.807) is 6.07 Å². The van der Waals surface area contributed by atoms with Gasteiger partial charge >= 0.3 is 6.18 Å². The monoisotopic (exact) mass is 406 g/mol. The lowest BCUT2D eigenvalue weighted by atomic mass is 9.97. The standard InChI is InChI=1S/C17H21F3N2O4S/c1-21-27(24,25)15-10-12(5-7-14(15)26-2)6-8-16(23)22-9-3-4-13(11-22)17(18,19)20/h5-8,10,13,21H,3-4,9,11H2,1-2H3/b8-6+. The number of carbonyl (C=O) groups is 1. The zero-order valence-corrected chi connectivity index (χ0v) is 15.7. The van der Waals surface area contributed by atoms with Crippen LogP contribution in [0.25, 0.3) is 6.08 Å². The lowest BCUT2D eigenvalue weighted by Crippen LogP contribution is -2.44. The van der Waals surface area contributed by atoms with Crippen LogP contribution in [0.1, 0.15) is 18.4 Å². The number of methoxy groups -OCH3 is 1. The average Bonchev–Trinajstić information content (AvgIpc) is 2.65. The fourth-order valence-electron chi connectivity index (χ4n) is 2.83. The van der Waals surface area contributed by atoms with Gasteiger partial charge in [-0.15, -0.1) is 0 Å². The molecular formula is C17H21F3N2O4S. The molecule has 1 heterocycles. The molecule has 0 radical (unpaired) electrons. The topological polar surface area (TPSA) is 75.7 Å². The Labute approximate surface area is 156 Å². The summed E-state index contributed by atoms with van der Waals surface area (Å²) in [7, 11) is -1.19. The Kier molecular flexibility index (Phi) is 6.53. The van der Waals surface area contributed by atoms with Gasteiger partial charge in [0.2, 0.25) is 15.9 Å². The minimum atomic E-state index is -4.32. The number of hydrogen-bond donors (Lipinski definition) is 1. The van der Waals surface area contributed by atoms with E-state index in [0.717, 1.165) is 11.0 Å². The van der Waals surface area contributed by atoms with Gasteiger partial charge in [-0.1, -0.05) is 6.07 Å². The molecule has 10 heteroatoms. The van der Waals surface area contributed by atoms with Crippen molar-refractivity contribution in [1.29, 1.82) is 0 Å². The summed E-state index contributed by atoms with van der Waals surface area (Å²) in [5.41, 5.74) is 0.405. The zero-order chi connectivity index (χ0) is 20.2. The molecule has 1 aliphatic heterocycles.